The number of hydrogen-bond donors (Lipinski definition) is 1. The molecule has 0 aromatic heterocycles. The van der Waals surface area contributed by atoms with Crippen molar-refractivity contribution in [1.29, 1.82) is 0 Å². The second-order valence-corrected chi connectivity index (χ2v) is 8.60. The lowest BCUT2D eigenvalue weighted by molar-refractivity contribution is -0.135. The van der Waals surface area contributed by atoms with E-state index >= 15 is 0 Å². The van der Waals surface area contributed by atoms with Gasteiger partial charge in [-0.05, 0) is 52.3 Å². The SMILES string of the molecule is CN1CCC(Oc2ccc(B3OC(C)(C)C(C)(C)O3)cc2C(N)=O)C(F)(F)C1. The van der Waals surface area contributed by atoms with Crippen molar-refractivity contribution in [3.8, 4) is 5.75 Å². The molecule has 6 nitrogen and oxygen atoms in total. The third kappa shape index (κ3) is 3.88. The molecule has 1 amide bonds. The first kappa shape index (κ1) is 21.0. The number of likely N-dealkylation sites (tertiary alicyclic amines) is 1. The number of ether oxygens (including phenoxy) is 1. The van der Waals surface area contributed by atoms with Crippen LogP contribution >= 0.6 is 0 Å². The smallest absolute Gasteiger partial charge is 0.483 e. The highest BCUT2D eigenvalue weighted by Crippen LogP contribution is 2.37. The Morgan fingerprint density at radius 3 is 2.39 bits per heavy atom. The molecule has 3 rings (SSSR count). The zero-order chi connectivity index (χ0) is 20.9. The maximum atomic E-state index is 14.3. The molecule has 1 atom stereocenters. The van der Waals surface area contributed by atoms with Crippen molar-refractivity contribution in [3.63, 3.8) is 0 Å². The number of carbonyl (C=O) groups is 1. The van der Waals surface area contributed by atoms with E-state index in [1.807, 2.05) is 27.7 Å². The van der Waals surface area contributed by atoms with Gasteiger partial charge in [0.05, 0.1) is 23.3 Å². The lowest BCUT2D eigenvalue weighted by Gasteiger charge is -2.36. The van der Waals surface area contributed by atoms with E-state index in [1.54, 1.807) is 18.0 Å². The normalized spacial score (nSPS) is 26.2. The third-order valence-corrected chi connectivity index (χ3v) is 5.79. The van der Waals surface area contributed by atoms with E-state index in [2.05, 4.69) is 0 Å². The first-order valence-corrected chi connectivity index (χ1v) is 9.35. The Hall–Kier alpha value is -1.71. The fourth-order valence-corrected chi connectivity index (χ4v) is 3.36. The molecule has 0 bridgehead atoms. The zero-order valence-corrected chi connectivity index (χ0v) is 16.9. The number of nitrogens with zero attached hydrogens (tertiary/aromatic N) is 1. The monoisotopic (exact) mass is 396 g/mol. The molecule has 2 aliphatic heterocycles. The molecule has 154 valence electrons. The highest BCUT2D eigenvalue weighted by molar-refractivity contribution is 6.62. The van der Waals surface area contributed by atoms with Gasteiger partial charge in [-0.3, -0.25) is 4.79 Å². The number of rotatable bonds is 4. The predicted molar refractivity (Wildman–Crippen MR) is 102 cm³/mol. The van der Waals surface area contributed by atoms with Crippen LogP contribution in [0.2, 0.25) is 0 Å². The fourth-order valence-electron chi connectivity index (χ4n) is 3.36. The molecule has 0 radical (unpaired) electrons. The average Bonchev–Trinajstić information content (AvgIpc) is 2.77. The molecule has 0 spiro atoms. The Balaban J connectivity index is 1.86. The summed E-state index contributed by atoms with van der Waals surface area (Å²) in [4.78, 5) is 13.5. The molecule has 0 saturated carbocycles. The first-order valence-electron chi connectivity index (χ1n) is 9.35. The fraction of sp³-hybridized carbons (Fsp3) is 0.632. The lowest BCUT2D eigenvalue weighted by atomic mass is 9.78. The van der Waals surface area contributed by atoms with E-state index in [4.69, 9.17) is 19.8 Å². The maximum absolute atomic E-state index is 14.3. The summed E-state index contributed by atoms with van der Waals surface area (Å²) in [6.07, 6.45) is -1.16. The van der Waals surface area contributed by atoms with Gasteiger partial charge in [-0.2, -0.15) is 0 Å². The van der Waals surface area contributed by atoms with Gasteiger partial charge in [-0.15, -0.1) is 0 Å². The number of hydrogen-bond acceptors (Lipinski definition) is 5. The van der Waals surface area contributed by atoms with Crippen LogP contribution < -0.4 is 15.9 Å². The van der Waals surface area contributed by atoms with E-state index in [0.717, 1.165) is 0 Å². The summed E-state index contributed by atoms with van der Waals surface area (Å²) in [5.41, 5.74) is 5.00. The van der Waals surface area contributed by atoms with Crippen molar-refractivity contribution in [2.75, 3.05) is 20.1 Å². The van der Waals surface area contributed by atoms with Gasteiger partial charge in [0.2, 0.25) is 0 Å². The molecule has 1 unspecified atom stereocenters. The largest absolute Gasteiger partial charge is 0.494 e. The van der Waals surface area contributed by atoms with Gasteiger partial charge in [-0.25, -0.2) is 8.78 Å². The number of halogens is 2. The van der Waals surface area contributed by atoms with Gasteiger partial charge in [0.15, 0.2) is 6.10 Å². The Morgan fingerprint density at radius 1 is 1.25 bits per heavy atom. The minimum atomic E-state index is -3.02. The first-order chi connectivity index (χ1) is 12.8. The van der Waals surface area contributed by atoms with Crippen molar-refractivity contribution in [1.82, 2.24) is 4.90 Å². The van der Waals surface area contributed by atoms with Crippen molar-refractivity contribution in [2.24, 2.45) is 5.73 Å². The van der Waals surface area contributed by atoms with E-state index in [9.17, 15) is 13.6 Å². The van der Waals surface area contributed by atoms with Gasteiger partial charge in [-0.1, -0.05) is 6.07 Å². The third-order valence-electron chi connectivity index (χ3n) is 5.79. The summed E-state index contributed by atoms with van der Waals surface area (Å²) in [6, 6.07) is 4.62. The topological polar surface area (TPSA) is 74.0 Å². The second-order valence-electron chi connectivity index (χ2n) is 8.60. The van der Waals surface area contributed by atoms with E-state index < -0.39 is 42.8 Å². The van der Waals surface area contributed by atoms with Crippen LogP contribution in [0.4, 0.5) is 8.78 Å². The Kier molecular flexibility index (Phi) is 5.23. The molecule has 0 aliphatic carbocycles. The molecule has 9 heteroatoms. The van der Waals surface area contributed by atoms with E-state index in [-0.39, 0.29) is 17.7 Å². The number of primary amides is 1. The molecule has 2 N–H and O–H groups in total. The van der Waals surface area contributed by atoms with Gasteiger partial charge >= 0.3 is 7.12 Å². The molecule has 2 fully saturated rings. The summed E-state index contributed by atoms with van der Waals surface area (Å²) >= 11 is 0. The number of amides is 1. The molecule has 2 aliphatic rings. The van der Waals surface area contributed by atoms with Gasteiger partial charge in [0.1, 0.15) is 5.75 Å². The van der Waals surface area contributed by atoms with E-state index in [0.29, 0.717) is 12.0 Å². The van der Waals surface area contributed by atoms with Crippen molar-refractivity contribution >= 4 is 18.5 Å². The standard InChI is InChI=1S/C19H27BF2N2O4/c1-17(2)18(3,4)28-20(27-17)12-6-7-14(13(10-12)16(23)25)26-15-8-9-24(5)11-19(15,21)22/h6-7,10,15H,8-9,11H2,1-5H3,(H2,23,25). The van der Waals surface area contributed by atoms with Crippen molar-refractivity contribution in [3.05, 3.63) is 23.8 Å². The summed E-state index contributed by atoms with van der Waals surface area (Å²) < 4.78 is 46.1. The van der Waals surface area contributed by atoms with E-state index in [1.165, 1.54) is 12.1 Å². The van der Waals surface area contributed by atoms with Crippen LogP contribution in [0.5, 0.6) is 5.75 Å². The Labute approximate surface area is 164 Å². The van der Waals surface area contributed by atoms with Gasteiger partial charge in [0, 0.05) is 13.0 Å². The molecule has 1 aromatic rings. The summed E-state index contributed by atoms with van der Waals surface area (Å²) in [6.45, 7) is 7.76. The van der Waals surface area contributed by atoms with Crippen LogP contribution in [-0.2, 0) is 9.31 Å². The van der Waals surface area contributed by atoms with Gasteiger partial charge < -0.3 is 24.7 Å². The summed E-state index contributed by atoms with van der Waals surface area (Å²) in [5.74, 6) is -3.74. The minimum absolute atomic E-state index is 0.0296. The van der Waals surface area contributed by atoms with Crippen LogP contribution in [-0.4, -0.2) is 61.3 Å². The Bertz CT molecular complexity index is 756. The molecule has 28 heavy (non-hydrogen) atoms. The average molecular weight is 396 g/mol. The zero-order valence-electron chi connectivity index (χ0n) is 16.9. The van der Waals surface area contributed by atoms with Crippen molar-refractivity contribution < 1.29 is 27.6 Å². The number of nitrogens with two attached hydrogens (primary N) is 1. The predicted octanol–water partition coefficient (Wildman–Crippen LogP) is 1.80. The highest BCUT2D eigenvalue weighted by atomic mass is 19.3. The summed E-state index contributed by atoms with van der Waals surface area (Å²) in [5, 5.41) is 0. The minimum Gasteiger partial charge on any atom is -0.483 e. The van der Waals surface area contributed by atoms with Crippen LogP contribution in [0.3, 0.4) is 0 Å². The number of benzene rings is 1. The van der Waals surface area contributed by atoms with Crippen molar-refractivity contribution in [2.45, 2.75) is 57.3 Å². The lowest BCUT2D eigenvalue weighted by Crippen LogP contribution is -2.52. The highest BCUT2D eigenvalue weighted by Gasteiger charge is 2.52. The second kappa shape index (κ2) is 6.97. The number of alkyl halides is 2. The molecule has 2 heterocycles. The maximum Gasteiger partial charge on any atom is 0.494 e. The van der Waals surface area contributed by atoms with Crippen LogP contribution in [0.1, 0.15) is 44.5 Å². The summed E-state index contributed by atoms with van der Waals surface area (Å²) in [7, 11) is 0.945. The number of carbonyl (C=O) groups excluding carboxylic acids is 1. The molecular weight excluding hydrogens is 369 g/mol. The molecule has 2 saturated heterocycles. The van der Waals surface area contributed by atoms with Gasteiger partial charge in [0.25, 0.3) is 11.8 Å². The van der Waals surface area contributed by atoms with Crippen LogP contribution in [0, 0.1) is 0 Å². The molecule has 1 aromatic carbocycles. The molecular formula is C19H27BF2N2O4. The van der Waals surface area contributed by atoms with Crippen LogP contribution in [0.15, 0.2) is 18.2 Å². The Morgan fingerprint density at radius 2 is 1.86 bits per heavy atom. The quantitative estimate of drug-likeness (QED) is 0.786. The van der Waals surface area contributed by atoms with Crippen LogP contribution in [0.25, 0.3) is 0 Å². The number of piperidine rings is 1.